The Morgan fingerprint density at radius 1 is 1.38 bits per heavy atom. The van der Waals surface area contributed by atoms with Gasteiger partial charge in [0.1, 0.15) is 0 Å². The van der Waals surface area contributed by atoms with Crippen LogP contribution in [0.15, 0.2) is 18.2 Å². The van der Waals surface area contributed by atoms with Crippen LogP contribution >= 0.6 is 0 Å². The highest BCUT2D eigenvalue weighted by Gasteiger charge is 2.20. The zero-order valence-electron chi connectivity index (χ0n) is 8.85. The summed E-state index contributed by atoms with van der Waals surface area (Å²) in [5, 5.41) is 23.3. The smallest absolute Gasteiger partial charge is 0.310 e. The van der Waals surface area contributed by atoms with Crippen LogP contribution in [-0.2, 0) is 0 Å². The second kappa shape index (κ2) is 4.49. The lowest BCUT2D eigenvalue weighted by Gasteiger charge is -2.22. The Hall–Kier alpha value is -1.62. The fraction of sp³-hybridized carbons (Fsp3) is 0.455. The normalized spacial score (nSPS) is 17.2. The minimum Gasteiger partial charge on any atom is -0.502 e. The van der Waals surface area contributed by atoms with Crippen molar-refractivity contribution in [3.63, 3.8) is 0 Å². The van der Waals surface area contributed by atoms with Crippen LogP contribution in [0, 0.1) is 10.1 Å². The van der Waals surface area contributed by atoms with Crippen molar-refractivity contribution in [3.05, 3.63) is 33.9 Å². The van der Waals surface area contributed by atoms with Crippen molar-refractivity contribution in [2.45, 2.75) is 18.8 Å². The van der Waals surface area contributed by atoms with E-state index in [2.05, 4.69) is 5.32 Å². The molecule has 0 atom stereocenters. The molecular formula is C11H14N2O3. The summed E-state index contributed by atoms with van der Waals surface area (Å²) < 4.78 is 0. The minimum absolute atomic E-state index is 0.198. The predicted octanol–water partition coefficient (Wildman–Crippen LogP) is 1.77. The molecule has 0 spiro atoms. The standard InChI is InChI=1S/C11H14N2O3/c14-11-2-1-9(7-10(11)13(15)16)8-3-5-12-6-4-8/h1-2,7-8,12,14H,3-6H2. The number of phenols is 1. The second-order valence-electron chi connectivity index (χ2n) is 4.03. The minimum atomic E-state index is -0.542. The van der Waals surface area contributed by atoms with Crippen molar-refractivity contribution in [3.8, 4) is 5.75 Å². The molecule has 0 saturated carbocycles. The van der Waals surface area contributed by atoms with E-state index in [1.54, 1.807) is 6.07 Å². The van der Waals surface area contributed by atoms with E-state index in [0.717, 1.165) is 31.5 Å². The topological polar surface area (TPSA) is 75.4 Å². The summed E-state index contributed by atoms with van der Waals surface area (Å²) in [6.07, 6.45) is 1.98. The molecule has 0 bridgehead atoms. The van der Waals surface area contributed by atoms with Crippen LogP contribution in [0.3, 0.4) is 0 Å². The third kappa shape index (κ3) is 2.14. The summed E-state index contributed by atoms with van der Waals surface area (Å²) in [4.78, 5) is 10.1. The zero-order chi connectivity index (χ0) is 11.5. The number of nitro benzene ring substituents is 1. The highest BCUT2D eigenvalue weighted by atomic mass is 16.6. The molecule has 0 aliphatic carbocycles. The van der Waals surface area contributed by atoms with Crippen molar-refractivity contribution < 1.29 is 10.0 Å². The first-order valence-electron chi connectivity index (χ1n) is 5.36. The number of nitro groups is 1. The zero-order valence-corrected chi connectivity index (χ0v) is 8.85. The van der Waals surface area contributed by atoms with Crippen LogP contribution in [0.1, 0.15) is 24.3 Å². The molecule has 2 N–H and O–H groups in total. The lowest BCUT2D eigenvalue weighted by Crippen LogP contribution is -2.26. The van der Waals surface area contributed by atoms with Gasteiger partial charge in [0.25, 0.3) is 0 Å². The van der Waals surface area contributed by atoms with Gasteiger partial charge in [-0.1, -0.05) is 6.07 Å². The van der Waals surface area contributed by atoms with Crippen LogP contribution < -0.4 is 5.32 Å². The van der Waals surface area contributed by atoms with E-state index >= 15 is 0 Å². The van der Waals surface area contributed by atoms with Crippen molar-refractivity contribution >= 4 is 5.69 Å². The molecule has 86 valence electrons. The molecule has 5 heteroatoms. The number of phenolic OH excluding ortho intramolecular Hbond substituents is 1. The molecule has 1 fully saturated rings. The molecular weight excluding hydrogens is 208 g/mol. The third-order valence-electron chi connectivity index (χ3n) is 3.01. The molecule has 1 aromatic rings. The Kier molecular flexibility index (Phi) is 3.05. The molecule has 2 rings (SSSR count). The van der Waals surface area contributed by atoms with Gasteiger partial charge in [-0.3, -0.25) is 10.1 Å². The summed E-state index contributed by atoms with van der Waals surface area (Å²) in [6.45, 7) is 1.89. The van der Waals surface area contributed by atoms with Crippen molar-refractivity contribution in [1.82, 2.24) is 5.32 Å². The quantitative estimate of drug-likeness (QED) is 0.590. The van der Waals surface area contributed by atoms with Gasteiger partial charge in [0, 0.05) is 6.07 Å². The fourth-order valence-electron chi connectivity index (χ4n) is 2.10. The maximum atomic E-state index is 10.7. The monoisotopic (exact) mass is 222 g/mol. The summed E-state index contributed by atoms with van der Waals surface area (Å²) in [6, 6.07) is 4.68. The van der Waals surface area contributed by atoms with Crippen molar-refractivity contribution in [1.29, 1.82) is 0 Å². The molecule has 1 aliphatic heterocycles. The highest BCUT2D eigenvalue weighted by molar-refractivity contribution is 5.48. The van der Waals surface area contributed by atoms with Gasteiger partial charge in [-0.15, -0.1) is 0 Å². The molecule has 1 aliphatic rings. The van der Waals surface area contributed by atoms with Gasteiger partial charge < -0.3 is 10.4 Å². The number of benzene rings is 1. The number of piperidine rings is 1. The van der Waals surface area contributed by atoms with Gasteiger partial charge in [0.15, 0.2) is 5.75 Å². The Morgan fingerprint density at radius 3 is 2.69 bits per heavy atom. The number of hydrogen-bond acceptors (Lipinski definition) is 4. The van der Waals surface area contributed by atoms with Crippen LogP contribution in [0.25, 0.3) is 0 Å². The summed E-state index contributed by atoms with van der Waals surface area (Å²) >= 11 is 0. The van der Waals surface area contributed by atoms with Crippen LogP contribution in [0.2, 0.25) is 0 Å². The van der Waals surface area contributed by atoms with E-state index in [0.29, 0.717) is 5.92 Å². The van der Waals surface area contributed by atoms with E-state index in [4.69, 9.17) is 0 Å². The van der Waals surface area contributed by atoms with Gasteiger partial charge in [0.05, 0.1) is 4.92 Å². The van der Waals surface area contributed by atoms with Crippen LogP contribution in [-0.4, -0.2) is 23.1 Å². The Balaban J connectivity index is 2.27. The van der Waals surface area contributed by atoms with E-state index in [1.807, 2.05) is 0 Å². The average molecular weight is 222 g/mol. The van der Waals surface area contributed by atoms with Gasteiger partial charge in [-0.2, -0.15) is 0 Å². The Labute approximate surface area is 93.2 Å². The molecule has 5 nitrogen and oxygen atoms in total. The van der Waals surface area contributed by atoms with Crippen molar-refractivity contribution in [2.24, 2.45) is 0 Å². The molecule has 0 unspecified atom stereocenters. The molecule has 0 aromatic heterocycles. The third-order valence-corrected chi connectivity index (χ3v) is 3.01. The summed E-state index contributed by atoms with van der Waals surface area (Å²) in [5.41, 5.74) is 0.752. The van der Waals surface area contributed by atoms with E-state index in [-0.39, 0.29) is 11.4 Å². The van der Waals surface area contributed by atoms with Crippen LogP contribution in [0.5, 0.6) is 5.75 Å². The predicted molar refractivity (Wildman–Crippen MR) is 59.6 cm³/mol. The summed E-state index contributed by atoms with van der Waals surface area (Å²) in [7, 11) is 0. The molecule has 1 heterocycles. The lowest BCUT2D eigenvalue weighted by atomic mass is 9.90. The van der Waals surface area contributed by atoms with Gasteiger partial charge in [0.2, 0.25) is 0 Å². The molecule has 16 heavy (non-hydrogen) atoms. The van der Waals surface area contributed by atoms with E-state index < -0.39 is 4.92 Å². The molecule has 0 amide bonds. The number of nitrogens with zero attached hydrogens (tertiary/aromatic N) is 1. The first-order valence-corrected chi connectivity index (χ1v) is 5.36. The highest BCUT2D eigenvalue weighted by Crippen LogP contribution is 2.32. The number of nitrogens with one attached hydrogen (secondary N) is 1. The fourth-order valence-corrected chi connectivity index (χ4v) is 2.10. The van der Waals surface area contributed by atoms with E-state index in [1.165, 1.54) is 12.1 Å². The van der Waals surface area contributed by atoms with Gasteiger partial charge in [-0.25, -0.2) is 0 Å². The largest absolute Gasteiger partial charge is 0.502 e. The lowest BCUT2D eigenvalue weighted by molar-refractivity contribution is -0.385. The molecule has 1 saturated heterocycles. The Morgan fingerprint density at radius 2 is 2.06 bits per heavy atom. The maximum absolute atomic E-state index is 10.7. The molecule has 1 aromatic carbocycles. The van der Waals surface area contributed by atoms with Gasteiger partial charge in [-0.05, 0) is 43.5 Å². The first-order chi connectivity index (χ1) is 7.68. The SMILES string of the molecule is O=[N+]([O-])c1cc(C2CCNCC2)ccc1O. The number of hydrogen-bond donors (Lipinski definition) is 2. The van der Waals surface area contributed by atoms with Crippen molar-refractivity contribution in [2.75, 3.05) is 13.1 Å². The first kappa shape index (κ1) is 10.9. The van der Waals surface area contributed by atoms with Crippen LogP contribution in [0.4, 0.5) is 5.69 Å². The maximum Gasteiger partial charge on any atom is 0.310 e. The second-order valence-corrected chi connectivity index (χ2v) is 4.03. The molecule has 0 radical (unpaired) electrons. The summed E-state index contributed by atoms with van der Waals surface area (Å²) in [5.74, 6) is 0.100. The average Bonchev–Trinajstić information content (AvgIpc) is 2.30. The number of aromatic hydroxyl groups is 1. The van der Waals surface area contributed by atoms with Gasteiger partial charge >= 0.3 is 5.69 Å². The Bertz CT molecular complexity index is 400. The van der Waals surface area contributed by atoms with E-state index in [9.17, 15) is 15.2 Å². The number of rotatable bonds is 2.